The van der Waals surface area contributed by atoms with E-state index in [0.29, 0.717) is 11.5 Å². The fourth-order valence-corrected chi connectivity index (χ4v) is 1.54. The molecule has 0 aromatic carbocycles. The molecule has 3 nitrogen and oxygen atoms in total. The molecule has 17 heavy (non-hydrogen) atoms. The van der Waals surface area contributed by atoms with Crippen molar-refractivity contribution < 1.29 is 0 Å². The molecule has 0 bridgehead atoms. The van der Waals surface area contributed by atoms with Gasteiger partial charge in [-0.05, 0) is 38.0 Å². The summed E-state index contributed by atoms with van der Waals surface area (Å²) in [6, 6.07) is 0.681. The molecule has 1 fully saturated rings. The van der Waals surface area contributed by atoms with Crippen molar-refractivity contribution in [3.8, 4) is 0 Å². The monoisotopic (exact) mass is 353 g/mol. The average Bonchev–Trinajstić information content (AvgIpc) is 2.95. The predicted molar refractivity (Wildman–Crippen MR) is 86.2 cm³/mol. The smallest absolute Gasteiger partial charge is 0.191 e. The van der Waals surface area contributed by atoms with Crippen LogP contribution in [0.1, 0.15) is 53.4 Å². The zero-order valence-electron chi connectivity index (χ0n) is 11.7. The van der Waals surface area contributed by atoms with Gasteiger partial charge in [0, 0.05) is 19.1 Å². The van der Waals surface area contributed by atoms with Crippen LogP contribution in [-0.4, -0.2) is 25.1 Å². The molecule has 1 aliphatic carbocycles. The van der Waals surface area contributed by atoms with E-state index in [4.69, 9.17) is 0 Å². The van der Waals surface area contributed by atoms with Crippen LogP contribution in [0.25, 0.3) is 0 Å². The van der Waals surface area contributed by atoms with Gasteiger partial charge in [-0.2, -0.15) is 0 Å². The van der Waals surface area contributed by atoms with Crippen molar-refractivity contribution in [2.75, 3.05) is 13.1 Å². The third kappa shape index (κ3) is 9.68. The van der Waals surface area contributed by atoms with Gasteiger partial charge in [0.25, 0.3) is 0 Å². The summed E-state index contributed by atoms with van der Waals surface area (Å²) in [4.78, 5) is 4.59. The van der Waals surface area contributed by atoms with Gasteiger partial charge in [-0.1, -0.05) is 20.8 Å². The van der Waals surface area contributed by atoms with Crippen LogP contribution in [0.15, 0.2) is 4.99 Å². The zero-order valence-corrected chi connectivity index (χ0v) is 14.0. The highest BCUT2D eigenvalue weighted by molar-refractivity contribution is 14.0. The molecule has 1 rings (SSSR count). The minimum absolute atomic E-state index is 0. The van der Waals surface area contributed by atoms with E-state index < -0.39 is 0 Å². The maximum atomic E-state index is 4.59. The Balaban J connectivity index is 0.00000256. The van der Waals surface area contributed by atoms with E-state index >= 15 is 0 Å². The van der Waals surface area contributed by atoms with Crippen molar-refractivity contribution in [2.24, 2.45) is 10.4 Å². The highest BCUT2D eigenvalue weighted by Gasteiger charge is 2.21. The van der Waals surface area contributed by atoms with Crippen molar-refractivity contribution in [1.82, 2.24) is 10.6 Å². The molecule has 0 saturated heterocycles. The van der Waals surface area contributed by atoms with Crippen LogP contribution in [0.4, 0.5) is 0 Å². The highest BCUT2D eigenvalue weighted by Crippen LogP contribution is 2.20. The summed E-state index contributed by atoms with van der Waals surface area (Å²) < 4.78 is 0. The third-order valence-corrected chi connectivity index (χ3v) is 2.62. The van der Waals surface area contributed by atoms with Crippen LogP contribution in [0.2, 0.25) is 0 Å². The first-order chi connectivity index (χ1) is 7.51. The second-order valence-electron chi connectivity index (χ2n) is 5.84. The van der Waals surface area contributed by atoms with Crippen LogP contribution in [0.5, 0.6) is 0 Å². The van der Waals surface area contributed by atoms with Gasteiger partial charge in [-0.3, -0.25) is 4.99 Å². The molecule has 0 amide bonds. The number of hydrogen-bond donors (Lipinski definition) is 2. The van der Waals surface area contributed by atoms with Gasteiger partial charge in [0.05, 0.1) is 0 Å². The molecule has 0 atom stereocenters. The Morgan fingerprint density at radius 3 is 2.41 bits per heavy atom. The minimum Gasteiger partial charge on any atom is -0.357 e. The maximum Gasteiger partial charge on any atom is 0.191 e. The summed E-state index contributed by atoms with van der Waals surface area (Å²) in [5, 5.41) is 6.72. The molecule has 102 valence electrons. The summed E-state index contributed by atoms with van der Waals surface area (Å²) in [7, 11) is 0. The third-order valence-electron chi connectivity index (χ3n) is 2.62. The number of nitrogens with one attached hydrogen (secondary N) is 2. The SMILES string of the molecule is CCNC(=NCCCC(C)(C)C)NC1CC1.I. The topological polar surface area (TPSA) is 36.4 Å². The quantitative estimate of drug-likeness (QED) is 0.345. The number of guanidine groups is 1. The Hall–Kier alpha value is 0. The first kappa shape index (κ1) is 17.0. The van der Waals surface area contributed by atoms with Gasteiger partial charge >= 0.3 is 0 Å². The molecule has 2 N–H and O–H groups in total. The Kier molecular flexibility index (Phi) is 8.16. The molecule has 0 heterocycles. The predicted octanol–water partition coefficient (Wildman–Crippen LogP) is 3.15. The van der Waals surface area contributed by atoms with E-state index in [2.05, 4.69) is 43.3 Å². The van der Waals surface area contributed by atoms with E-state index in [1.54, 1.807) is 0 Å². The van der Waals surface area contributed by atoms with Gasteiger partial charge in [-0.25, -0.2) is 0 Å². The molecule has 0 spiro atoms. The van der Waals surface area contributed by atoms with Crippen LogP contribution in [-0.2, 0) is 0 Å². The maximum absolute atomic E-state index is 4.59. The van der Waals surface area contributed by atoms with Crippen molar-refractivity contribution in [1.29, 1.82) is 0 Å². The highest BCUT2D eigenvalue weighted by atomic mass is 127. The van der Waals surface area contributed by atoms with Crippen LogP contribution >= 0.6 is 24.0 Å². The number of nitrogens with zero attached hydrogens (tertiary/aromatic N) is 1. The molecule has 0 aromatic heterocycles. The lowest BCUT2D eigenvalue weighted by molar-refractivity contribution is 0.368. The molecule has 0 radical (unpaired) electrons. The summed E-state index contributed by atoms with van der Waals surface area (Å²) in [5.41, 5.74) is 0.428. The molecule has 0 aromatic rings. The summed E-state index contributed by atoms with van der Waals surface area (Å²) in [6.07, 6.45) is 5.00. The van der Waals surface area contributed by atoms with E-state index in [9.17, 15) is 0 Å². The van der Waals surface area contributed by atoms with Crippen LogP contribution in [0, 0.1) is 5.41 Å². The average molecular weight is 353 g/mol. The molecular formula is C13H28IN3. The van der Waals surface area contributed by atoms with Crippen molar-refractivity contribution >= 4 is 29.9 Å². The number of rotatable bonds is 5. The van der Waals surface area contributed by atoms with Crippen molar-refractivity contribution in [3.63, 3.8) is 0 Å². The summed E-state index contributed by atoms with van der Waals surface area (Å²) >= 11 is 0. The van der Waals surface area contributed by atoms with Gasteiger partial charge in [0.2, 0.25) is 0 Å². The summed E-state index contributed by atoms with van der Waals surface area (Å²) in [6.45, 7) is 10.8. The largest absolute Gasteiger partial charge is 0.357 e. The van der Waals surface area contributed by atoms with Gasteiger partial charge in [-0.15, -0.1) is 24.0 Å². The molecule has 4 heteroatoms. The number of aliphatic imine (C=N–C) groups is 1. The Morgan fingerprint density at radius 1 is 1.29 bits per heavy atom. The zero-order chi connectivity index (χ0) is 12.0. The van der Waals surface area contributed by atoms with Crippen molar-refractivity contribution in [3.05, 3.63) is 0 Å². The van der Waals surface area contributed by atoms with Crippen LogP contribution in [0.3, 0.4) is 0 Å². The summed E-state index contributed by atoms with van der Waals surface area (Å²) in [5.74, 6) is 0.999. The van der Waals surface area contributed by atoms with Gasteiger partial charge in [0.15, 0.2) is 5.96 Å². The van der Waals surface area contributed by atoms with E-state index in [0.717, 1.165) is 19.0 Å². The molecule has 1 saturated carbocycles. The lowest BCUT2D eigenvalue weighted by Gasteiger charge is -2.17. The van der Waals surface area contributed by atoms with E-state index in [1.807, 2.05) is 0 Å². The first-order valence-electron chi connectivity index (χ1n) is 6.56. The molecular weight excluding hydrogens is 325 g/mol. The van der Waals surface area contributed by atoms with Gasteiger partial charge < -0.3 is 10.6 Å². The second-order valence-corrected chi connectivity index (χ2v) is 5.84. The van der Waals surface area contributed by atoms with Crippen molar-refractivity contribution in [2.45, 2.75) is 59.4 Å². The number of hydrogen-bond acceptors (Lipinski definition) is 1. The van der Waals surface area contributed by atoms with Gasteiger partial charge in [0.1, 0.15) is 0 Å². The van der Waals surface area contributed by atoms with E-state index in [-0.39, 0.29) is 24.0 Å². The second kappa shape index (κ2) is 8.16. The fourth-order valence-electron chi connectivity index (χ4n) is 1.54. The minimum atomic E-state index is 0. The number of halogens is 1. The van der Waals surface area contributed by atoms with Crippen LogP contribution < -0.4 is 10.6 Å². The lowest BCUT2D eigenvalue weighted by atomic mass is 9.91. The molecule has 1 aliphatic rings. The molecule has 0 unspecified atom stereocenters. The Bertz CT molecular complexity index is 229. The normalized spacial score (nSPS) is 16.4. The Morgan fingerprint density at radius 2 is 1.94 bits per heavy atom. The standard InChI is InChI=1S/C13H27N3.HI/c1-5-14-12(16-11-7-8-11)15-10-6-9-13(2,3)4;/h11H,5-10H2,1-4H3,(H2,14,15,16);1H. The molecule has 0 aliphatic heterocycles. The van der Waals surface area contributed by atoms with E-state index in [1.165, 1.54) is 25.7 Å². The Labute approximate surface area is 123 Å². The first-order valence-corrected chi connectivity index (χ1v) is 6.56. The lowest BCUT2D eigenvalue weighted by Crippen LogP contribution is -2.38. The fraction of sp³-hybridized carbons (Fsp3) is 0.923.